The lowest BCUT2D eigenvalue weighted by molar-refractivity contribution is 0.0713. The quantitative estimate of drug-likeness (QED) is 0.851. The van der Waals surface area contributed by atoms with Crippen LogP contribution in [0.5, 0.6) is 0 Å². The van der Waals surface area contributed by atoms with E-state index in [0.29, 0.717) is 5.76 Å². The van der Waals surface area contributed by atoms with Crippen molar-refractivity contribution in [1.29, 1.82) is 0 Å². The highest BCUT2D eigenvalue weighted by Crippen LogP contribution is 2.21. The molecule has 0 saturated carbocycles. The van der Waals surface area contributed by atoms with E-state index < -0.39 is 0 Å². The summed E-state index contributed by atoms with van der Waals surface area (Å²) in [6.45, 7) is 7.15. The number of furan rings is 1. The van der Waals surface area contributed by atoms with Gasteiger partial charge in [-0.2, -0.15) is 0 Å². The van der Waals surface area contributed by atoms with Crippen LogP contribution in [0.4, 0.5) is 5.69 Å². The van der Waals surface area contributed by atoms with E-state index in [1.165, 1.54) is 11.3 Å². The fourth-order valence-corrected chi connectivity index (χ4v) is 2.77. The molecule has 21 heavy (non-hydrogen) atoms. The maximum atomic E-state index is 12.3. The summed E-state index contributed by atoms with van der Waals surface area (Å²) in [4.78, 5) is 16.5. The third-order valence-electron chi connectivity index (χ3n) is 3.97. The Labute approximate surface area is 125 Å². The molecule has 1 amide bonds. The van der Waals surface area contributed by atoms with Crippen LogP contribution in [0.3, 0.4) is 0 Å². The van der Waals surface area contributed by atoms with E-state index in [0.717, 1.165) is 31.9 Å². The number of piperazine rings is 1. The highest BCUT2D eigenvalue weighted by atomic mass is 16.3. The Morgan fingerprint density at radius 1 is 1.00 bits per heavy atom. The number of para-hydroxylation sites is 1. The van der Waals surface area contributed by atoms with E-state index in [-0.39, 0.29) is 5.91 Å². The summed E-state index contributed by atoms with van der Waals surface area (Å²) in [6.07, 6.45) is 0. The van der Waals surface area contributed by atoms with Crippen molar-refractivity contribution < 1.29 is 9.21 Å². The number of hydrogen-bond acceptors (Lipinski definition) is 3. The zero-order valence-corrected chi connectivity index (χ0v) is 12.5. The second kappa shape index (κ2) is 5.64. The first kappa shape index (κ1) is 13.7. The molecule has 1 saturated heterocycles. The molecule has 2 aromatic rings. The van der Waals surface area contributed by atoms with Crippen molar-refractivity contribution >= 4 is 11.6 Å². The Bertz CT molecular complexity index is 640. The molecule has 0 aliphatic carbocycles. The number of anilines is 1. The minimum Gasteiger partial charge on any atom is -0.456 e. The van der Waals surface area contributed by atoms with Gasteiger partial charge < -0.3 is 14.2 Å². The van der Waals surface area contributed by atoms with Crippen LogP contribution in [0.2, 0.25) is 0 Å². The first-order valence-corrected chi connectivity index (χ1v) is 7.31. The lowest BCUT2D eigenvalue weighted by atomic mass is 10.1. The summed E-state index contributed by atoms with van der Waals surface area (Å²) < 4.78 is 5.42. The van der Waals surface area contributed by atoms with Crippen LogP contribution in [0.25, 0.3) is 0 Å². The summed E-state index contributed by atoms with van der Waals surface area (Å²) in [5.41, 5.74) is 2.54. The fraction of sp³-hybridized carbons (Fsp3) is 0.353. The van der Waals surface area contributed by atoms with Gasteiger partial charge in [-0.15, -0.1) is 0 Å². The first-order valence-electron chi connectivity index (χ1n) is 7.31. The normalized spacial score (nSPS) is 15.3. The van der Waals surface area contributed by atoms with Gasteiger partial charge in [0.2, 0.25) is 0 Å². The van der Waals surface area contributed by atoms with Gasteiger partial charge >= 0.3 is 0 Å². The van der Waals surface area contributed by atoms with E-state index in [4.69, 9.17) is 4.42 Å². The Morgan fingerprint density at radius 2 is 1.71 bits per heavy atom. The van der Waals surface area contributed by atoms with E-state index in [1.807, 2.05) is 17.9 Å². The molecule has 0 radical (unpaired) electrons. The van der Waals surface area contributed by atoms with Crippen molar-refractivity contribution in [1.82, 2.24) is 4.90 Å². The van der Waals surface area contributed by atoms with E-state index in [2.05, 4.69) is 36.1 Å². The average molecular weight is 284 g/mol. The van der Waals surface area contributed by atoms with Crippen LogP contribution < -0.4 is 4.90 Å². The number of aryl methyl sites for hydroxylation is 2. The van der Waals surface area contributed by atoms with E-state index >= 15 is 0 Å². The molecule has 0 spiro atoms. The summed E-state index contributed by atoms with van der Waals surface area (Å²) in [5.74, 6) is 1.21. The van der Waals surface area contributed by atoms with Crippen molar-refractivity contribution in [3.8, 4) is 0 Å². The number of amides is 1. The van der Waals surface area contributed by atoms with Crippen LogP contribution in [0.15, 0.2) is 40.8 Å². The molecule has 1 aliphatic heterocycles. The standard InChI is InChI=1S/C17H20N2O2/c1-13-5-3-4-6-15(13)18-9-11-19(12-10-18)17(20)16-8-7-14(2)21-16/h3-8H,9-12H2,1-2H3. The van der Waals surface area contributed by atoms with Crippen molar-refractivity contribution in [2.75, 3.05) is 31.1 Å². The largest absolute Gasteiger partial charge is 0.456 e. The first-order chi connectivity index (χ1) is 10.1. The summed E-state index contributed by atoms with van der Waals surface area (Å²) in [6, 6.07) is 12.0. The van der Waals surface area contributed by atoms with Gasteiger partial charge in [0.1, 0.15) is 5.76 Å². The lowest BCUT2D eigenvalue weighted by Gasteiger charge is -2.36. The van der Waals surface area contributed by atoms with Crippen LogP contribution in [-0.2, 0) is 0 Å². The minimum atomic E-state index is -0.00691. The highest BCUT2D eigenvalue weighted by Gasteiger charge is 2.24. The fourth-order valence-electron chi connectivity index (χ4n) is 2.77. The van der Waals surface area contributed by atoms with Gasteiger partial charge in [-0.3, -0.25) is 4.79 Å². The molecular weight excluding hydrogens is 264 g/mol. The molecule has 1 aromatic heterocycles. The predicted molar refractivity (Wildman–Crippen MR) is 82.7 cm³/mol. The van der Waals surface area contributed by atoms with Crippen molar-refractivity contribution in [3.05, 3.63) is 53.5 Å². The minimum absolute atomic E-state index is 0.00691. The number of carbonyl (C=O) groups is 1. The number of rotatable bonds is 2. The van der Waals surface area contributed by atoms with Crippen LogP contribution in [0, 0.1) is 13.8 Å². The van der Waals surface area contributed by atoms with Crippen LogP contribution in [0.1, 0.15) is 21.9 Å². The third kappa shape index (κ3) is 2.79. The van der Waals surface area contributed by atoms with Gasteiger partial charge in [0.25, 0.3) is 5.91 Å². The molecule has 4 heteroatoms. The molecule has 1 fully saturated rings. The second-order valence-corrected chi connectivity index (χ2v) is 5.48. The summed E-state index contributed by atoms with van der Waals surface area (Å²) in [7, 11) is 0. The van der Waals surface area contributed by atoms with Gasteiger partial charge in [-0.25, -0.2) is 0 Å². The lowest BCUT2D eigenvalue weighted by Crippen LogP contribution is -2.48. The molecule has 3 rings (SSSR count). The molecule has 110 valence electrons. The number of carbonyl (C=O) groups excluding carboxylic acids is 1. The van der Waals surface area contributed by atoms with Crippen molar-refractivity contribution in [2.45, 2.75) is 13.8 Å². The molecule has 2 heterocycles. The Morgan fingerprint density at radius 3 is 2.33 bits per heavy atom. The molecule has 0 N–H and O–H groups in total. The molecule has 0 unspecified atom stereocenters. The number of benzene rings is 1. The number of hydrogen-bond donors (Lipinski definition) is 0. The Kier molecular flexibility index (Phi) is 3.69. The second-order valence-electron chi connectivity index (χ2n) is 5.48. The van der Waals surface area contributed by atoms with E-state index in [9.17, 15) is 4.79 Å². The van der Waals surface area contributed by atoms with Gasteiger partial charge in [-0.1, -0.05) is 18.2 Å². The van der Waals surface area contributed by atoms with Gasteiger partial charge in [0.05, 0.1) is 0 Å². The third-order valence-corrected chi connectivity index (χ3v) is 3.97. The maximum absolute atomic E-state index is 12.3. The van der Waals surface area contributed by atoms with Crippen molar-refractivity contribution in [3.63, 3.8) is 0 Å². The van der Waals surface area contributed by atoms with Gasteiger partial charge in [0.15, 0.2) is 5.76 Å². The summed E-state index contributed by atoms with van der Waals surface area (Å²) in [5, 5.41) is 0. The zero-order valence-electron chi connectivity index (χ0n) is 12.5. The van der Waals surface area contributed by atoms with Crippen LogP contribution >= 0.6 is 0 Å². The molecule has 1 aromatic carbocycles. The Balaban J connectivity index is 1.65. The van der Waals surface area contributed by atoms with E-state index in [1.54, 1.807) is 6.07 Å². The molecule has 1 aliphatic rings. The Hall–Kier alpha value is -2.23. The van der Waals surface area contributed by atoms with Crippen LogP contribution in [-0.4, -0.2) is 37.0 Å². The molecule has 4 nitrogen and oxygen atoms in total. The average Bonchev–Trinajstić information content (AvgIpc) is 2.94. The molecule has 0 bridgehead atoms. The smallest absolute Gasteiger partial charge is 0.289 e. The molecular formula is C17H20N2O2. The monoisotopic (exact) mass is 284 g/mol. The maximum Gasteiger partial charge on any atom is 0.289 e. The highest BCUT2D eigenvalue weighted by molar-refractivity contribution is 5.91. The SMILES string of the molecule is Cc1ccc(C(=O)N2CCN(c3ccccc3C)CC2)o1. The van der Waals surface area contributed by atoms with Gasteiger partial charge in [0, 0.05) is 31.9 Å². The molecule has 0 atom stereocenters. The summed E-state index contributed by atoms with van der Waals surface area (Å²) >= 11 is 0. The predicted octanol–water partition coefficient (Wildman–Crippen LogP) is 2.86. The zero-order chi connectivity index (χ0) is 14.8. The topological polar surface area (TPSA) is 36.7 Å². The number of nitrogens with zero attached hydrogens (tertiary/aromatic N) is 2. The van der Waals surface area contributed by atoms with Crippen molar-refractivity contribution in [2.24, 2.45) is 0 Å². The van der Waals surface area contributed by atoms with Gasteiger partial charge in [-0.05, 0) is 37.6 Å².